The summed E-state index contributed by atoms with van der Waals surface area (Å²) >= 11 is 0. The van der Waals surface area contributed by atoms with Crippen LogP contribution in [0.3, 0.4) is 0 Å². The van der Waals surface area contributed by atoms with Gasteiger partial charge in [-0.3, -0.25) is 0 Å². The maximum atomic E-state index is 4.43. The number of fused-ring (bicyclic) bond motifs is 1. The van der Waals surface area contributed by atoms with Crippen molar-refractivity contribution in [1.29, 1.82) is 0 Å². The number of imidazole rings is 1. The second kappa shape index (κ2) is 4.85. The molecule has 1 aromatic heterocycles. The normalized spacial score (nSPS) is 20.6. The van der Waals surface area contributed by atoms with Gasteiger partial charge in [-0.15, -0.1) is 12.4 Å². The molecule has 2 aromatic rings. The quantitative estimate of drug-likeness (QED) is 0.826. The fourth-order valence-corrected chi connectivity index (χ4v) is 2.34. The van der Waals surface area contributed by atoms with Crippen molar-refractivity contribution in [3.05, 3.63) is 30.6 Å². The van der Waals surface area contributed by atoms with Crippen molar-refractivity contribution in [2.24, 2.45) is 0 Å². The lowest BCUT2D eigenvalue weighted by atomic mass is 10.1. The van der Waals surface area contributed by atoms with Crippen molar-refractivity contribution < 1.29 is 0 Å². The molecule has 16 heavy (non-hydrogen) atoms. The van der Waals surface area contributed by atoms with Gasteiger partial charge < -0.3 is 9.88 Å². The van der Waals surface area contributed by atoms with Gasteiger partial charge in [-0.05, 0) is 31.5 Å². The minimum Gasteiger partial charge on any atom is -0.326 e. The van der Waals surface area contributed by atoms with Crippen LogP contribution in [0.2, 0.25) is 0 Å². The Morgan fingerprint density at radius 2 is 2.19 bits per heavy atom. The van der Waals surface area contributed by atoms with Crippen LogP contribution in [0.1, 0.15) is 18.9 Å². The van der Waals surface area contributed by atoms with Crippen molar-refractivity contribution in [3.63, 3.8) is 0 Å². The highest BCUT2D eigenvalue weighted by Crippen LogP contribution is 2.22. The van der Waals surface area contributed by atoms with Gasteiger partial charge in [0.25, 0.3) is 0 Å². The van der Waals surface area contributed by atoms with Crippen molar-refractivity contribution in [3.8, 4) is 0 Å². The van der Waals surface area contributed by atoms with Gasteiger partial charge >= 0.3 is 0 Å². The molecular formula is C12H16ClN3. The van der Waals surface area contributed by atoms with Crippen LogP contribution in [0, 0.1) is 0 Å². The lowest BCUT2D eigenvalue weighted by molar-refractivity contribution is 0.378. The number of hydrogen-bond acceptors (Lipinski definition) is 2. The Hall–Kier alpha value is -1.06. The average Bonchev–Trinajstić information content (AvgIpc) is 2.74. The zero-order chi connectivity index (χ0) is 10.1. The topological polar surface area (TPSA) is 29.9 Å². The number of aromatic nitrogens is 2. The van der Waals surface area contributed by atoms with Crippen LogP contribution in [-0.4, -0.2) is 22.6 Å². The lowest BCUT2D eigenvalue weighted by Crippen LogP contribution is -2.31. The molecule has 0 aliphatic carbocycles. The third-order valence-electron chi connectivity index (χ3n) is 3.15. The van der Waals surface area contributed by atoms with Gasteiger partial charge in [-0.1, -0.05) is 12.1 Å². The maximum absolute atomic E-state index is 4.43. The van der Waals surface area contributed by atoms with Gasteiger partial charge in [-0.25, -0.2) is 4.98 Å². The Morgan fingerprint density at radius 1 is 1.31 bits per heavy atom. The van der Waals surface area contributed by atoms with Crippen LogP contribution in [0.4, 0.5) is 0 Å². The fourth-order valence-electron chi connectivity index (χ4n) is 2.34. The standard InChI is InChI=1S/C12H15N3.ClH/c1-2-6-12-11(5-1)14-9-15(12)10-4-3-7-13-8-10;/h1-2,5-6,9-10,13H,3-4,7-8H2;1H. The zero-order valence-corrected chi connectivity index (χ0v) is 9.91. The Balaban J connectivity index is 0.000000963. The van der Waals surface area contributed by atoms with Crippen LogP contribution in [-0.2, 0) is 0 Å². The molecule has 1 saturated heterocycles. The SMILES string of the molecule is Cl.c1ccc2c(c1)ncn2C1CCCNC1. The molecule has 1 fully saturated rings. The van der Waals surface area contributed by atoms with E-state index >= 15 is 0 Å². The molecule has 1 unspecified atom stereocenters. The predicted molar refractivity (Wildman–Crippen MR) is 68.1 cm³/mol. The molecule has 0 spiro atoms. The first-order chi connectivity index (χ1) is 7.45. The first kappa shape index (κ1) is 11.4. The minimum absolute atomic E-state index is 0. The highest BCUT2D eigenvalue weighted by atomic mass is 35.5. The van der Waals surface area contributed by atoms with Gasteiger partial charge in [0, 0.05) is 12.6 Å². The molecule has 3 nitrogen and oxygen atoms in total. The second-order valence-corrected chi connectivity index (χ2v) is 4.14. The number of rotatable bonds is 1. The van der Waals surface area contributed by atoms with E-state index in [-0.39, 0.29) is 12.4 Å². The van der Waals surface area contributed by atoms with Crippen LogP contribution in [0.25, 0.3) is 11.0 Å². The van der Waals surface area contributed by atoms with E-state index in [9.17, 15) is 0 Å². The van der Waals surface area contributed by atoms with E-state index < -0.39 is 0 Å². The van der Waals surface area contributed by atoms with E-state index in [4.69, 9.17) is 0 Å². The van der Waals surface area contributed by atoms with Crippen molar-refractivity contribution in [2.75, 3.05) is 13.1 Å². The lowest BCUT2D eigenvalue weighted by Gasteiger charge is -2.24. The molecule has 2 heterocycles. The molecule has 86 valence electrons. The molecule has 3 rings (SSSR count). The summed E-state index contributed by atoms with van der Waals surface area (Å²) in [5, 5.41) is 3.44. The fraction of sp³-hybridized carbons (Fsp3) is 0.417. The van der Waals surface area contributed by atoms with Gasteiger partial charge in [0.15, 0.2) is 0 Å². The summed E-state index contributed by atoms with van der Waals surface area (Å²) in [5.41, 5.74) is 2.36. The third-order valence-corrected chi connectivity index (χ3v) is 3.15. The van der Waals surface area contributed by atoms with Crippen LogP contribution in [0.5, 0.6) is 0 Å². The number of para-hydroxylation sites is 2. The van der Waals surface area contributed by atoms with Crippen molar-refractivity contribution >= 4 is 23.4 Å². The van der Waals surface area contributed by atoms with E-state index in [1.807, 2.05) is 12.4 Å². The minimum atomic E-state index is 0. The summed E-state index contributed by atoms with van der Waals surface area (Å²) < 4.78 is 2.31. The van der Waals surface area contributed by atoms with Crippen molar-refractivity contribution in [1.82, 2.24) is 14.9 Å². The number of benzene rings is 1. The van der Waals surface area contributed by atoms with Crippen LogP contribution >= 0.6 is 12.4 Å². The van der Waals surface area contributed by atoms with E-state index in [2.05, 4.69) is 33.1 Å². The Morgan fingerprint density at radius 3 is 3.00 bits per heavy atom. The zero-order valence-electron chi connectivity index (χ0n) is 9.10. The smallest absolute Gasteiger partial charge is 0.0961 e. The molecule has 4 heteroatoms. The molecule has 1 aliphatic rings. The first-order valence-electron chi connectivity index (χ1n) is 5.57. The molecule has 0 bridgehead atoms. The average molecular weight is 238 g/mol. The molecule has 1 aliphatic heterocycles. The number of piperidine rings is 1. The summed E-state index contributed by atoms with van der Waals surface area (Å²) in [6.07, 6.45) is 4.49. The Bertz CT molecular complexity index is 460. The Labute approximate surface area is 101 Å². The summed E-state index contributed by atoms with van der Waals surface area (Å²) in [4.78, 5) is 4.43. The highest BCUT2D eigenvalue weighted by molar-refractivity contribution is 5.85. The van der Waals surface area contributed by atoms with Gasteiger partial charge in [0.05, 0.1) is 17.4 Å². The van der Waals surface area contributed by atoms with Crippen LogP contribution in [0.15, 0.2) is 30.6 Å². The number of nitrogens with zero attached hydrogens (tertiary/aromatic N) is 2. The summed E-state index contributed by atoms with van der Waals surface area (Å²) in [5.74, 6) is 0. The summed E-state index contributed by atoms with van der Waals surface area (Å²) in [7, 11) is 0. The van der Waals surface area contributed by atoms with Gasteiger partial charge in [-0.2, -0.15) is 0 Å². The molecule has 0 saturated carbocycles. The van der Waals surface area contributed by atoms with E-state index in [0.29, 0.717) is 6.04 Å². The van der Waals surface area contributed by atoms with Crippen molar-refractivity contribution in [2.45, 2.75) is 18.9 Å². The molecular weight excluding hydrogens is 222 g/mol. The molecule has 1 atom stereocenters. The Kier molecular flexibility index (Phi) is 3.46. The molecule has 1 N–H and O–H groups in total. The predicted octanol–water partition coefficient (Wildman–Crippen LogP) is 2.38. The number of halogens is 1. The summed E-state index contributed by atoms with van der Waals surface area (Å²) in [6, 6.07) is 8.92. The number of hydrogen-bond donors (Lipinski definition) is 1. The third kappa shape index (κ3) is 1.93. The second-order valence-electron chi connectivity index (χ2n) is 4.14. The number of nitrogens with one attached hydrogen (secondary N) is 1. The maximum Gasteiger partial charge on any atom is 0.0961 e. The van der Waals surface area contributed by atoms with Crippen LogP contribution < -0.4 is 5.32 Å². The molecule has 0 radical (unpaired) electrons. The summed E-state index contributed by atoms with van der Waals surface area (Å²) in [6.45, 7) is 2.23. The molecule has 1 aromatic carbocycles. The molecule has 0 amide bonds. The van der Waals surface area contributed by atoms with E-state index in [1.165, 1.54) is 18.4 Å². The monoisotopic (exact) mass is 237 g/mol. The largest absolute Gasteiger partial charge is 0.326 e. The van der Waals surface area contributed by atoms with Gasteiger partial charge in [0.2, 0.25) is 0 Å². The first-order valence-corrected chi connectivity index (χ1v) is 5.57. The van der Waals surface area contributed by atoms with Gasteiger partial charge in [0.1, 0.15) is 0 Å². The van der Waals surface area contributed by atoms with E-state index in [0.717, 1.165) is 18.6 Å². The highest BCUT2D eigenvalue weighted by Gasteiger charge is 2.16. The van der Waals surface area contributed by atoms with E-state index in [1.54, 1.807) is 0 Å².